The van der Waals surface area contributed by atoms with Crippen molar-refractivity contribution in [3.05, 3.63) is 35.9 Å². The van der Waals surface area contributed by atoms with Gasteiger partial charge in [-0.1, -0.05) is 12.2 Å². The van der Waals surface area contributed by atoms with Crippen LogP contribution in [0.15, 0.2) is 30.4 Å². The minimum atomic E-state index is -0.142. The zero-order valence-corrected chi connectivity index (χ0v) is 10.6. The van der Waals surface area contributed by atoms with Gasteiger partial charge in [0.05, 0.1) is 14.2 Å². The number of nitrogens with two attached hydrogens (primary N) is 1. The minimum Gasteiger partial charge on any atom is -0.497 e. The Morgan fingerprint density at radius 2 is 1.78 bits per heavy atom. The van der Waals surface area contributed by atoms with Crippen LogP contribution in [0.3, 0.4) is 0 Å². The van der Waals surface area contributed by atoms with Crippen molar-refractivity contribution in [2.45, 2.75) is 12.5 Å². The molecule has 1 aromatic carbocycles. The van der Waals surface area contributed by atoms with Crippen molar-refractivity contribution in [3.63, 3.8) is 0 Å². The fraction of sp³-hybridized carbons (Fsp3) is 0.357. The van der Waals surface area contributed by atoms with Crippen LogP contribution in [0.1, 0.15) is 16.8 Å². The van der Waals surface area contributed by atoms with E-state index in [0.717, 1.165) is 0 Å². The number of hydrogen-bond acceptors (Lipinski definition) is 4. The summed E-state index contributed by atoms with van der Waals surface area (Å²) in [4.78, 5) is 12.3. The van der Waals surface area contributed by atoms with E-state index in [1.807, 2.05) is 12.2 Å². The van der Waals surface area contributed by atoms with Crippen LogP contribution >= 0.6 is 0 Å². The highest BCUT2D eigenvalue weighted by Gasteiger charge is 2.24. The lowest BCUT2D eigenvalue weighted by molar-refractivity contribution is 0.0942. The summed E-state index contributed by atoms with van der Waals surface area (Å²) in [6.45, 7) is 0. The average Bonchev–Trinajstić information content (AvgIpc) is 2.83. The summed E-state index contributed by atoms with van der Waals surface area (Å²) >= 11 is 0. The van der Waals surface area contributed by atoms with Crippen LogP contribution in [-0.4, -0.2) is 26.0 Å². The minimum absolute atomic E-state index is 0.0218. The summed E-state index contributed by atoms with van der Waals surface area (Å²) in [5, 5.41) is 0. The molecule has 0 amide bonds. The summed E-state index contributed by atoms with van der Waals surface area (Å²) in [5.41, 5.74) is 6.36. The molecule has 0 radical (unpaired) electrons. The van der Waals surface area contributed by atoms with Crippen LogP contribution in [0.4, 0.5) is 0 Å². The van der Waals surface area contributed by atoms with E-state index in [4.69, 9.17) is 15.2 Å². The molecule has 0 bridgehead atoms. The third kappa shape index (κ3) is 2.54. The van der Waals surface area contributed by atoms with Crippen molar-refractivity contribution in [3.8, 4) is 11.5 Å². The number of ketones is 1. The molecule has 0 spiro atoms. The molecule has 2 atom stereocenters. The molecule has 2 unspecified atom stereocenters. The van der Waals surface area contributed by atoms with Crippen molar-refractivity contribution >= 4 is 5.78 Å². The number of methoxy groups -OCH3 is 2. The molecule has 0 saturated heterocycles. The van der Waals surface area contributed by atoms with Gasteiger partial charge < -0.3 is 15.2 Å². The molecule has 0 saturated carbocycles. The van der Waals surface area contributed by atoms with Gasteiger partial charge in [0.25, 0.3) is 0 Å². The van der Waals surface area contributed by atoms with Crippen molar-refractivity contribution in [2.75, 3.05) is 14.2 Å². The number of Topliss-reactive ketones (excluding diaryl/α,β-unsaturated/α-hetero) is 1. The molecular formula is C14H17NO3. The molecule has 18 heavy (non-hydrogen) atoms. The van der Waals surface area contributed by atoms with Gasteiger partial charge in [-0.3, -0.25) is 4.79 Å². The number of hydrogen-bond donors (Lipinski definition) is 1. The SMILES string of the molecule is COc1cc(OC)cc(C(=O)C2C=CC(N)C2)c1. The fourth-order valence-electron chi connectivity index (χ4n) is 2.09. The van der Waals surface area contributed by atoms with E-state index in [-0.39, 0.29) is 17.7 Å². The highest BCUT2D eigenvalue weighted by molar-refractivity contribution is 6.00. The van der Waals surface area contributed by atoms with Crippen LogP contribution in [0.25, 0.3) is 0 Å². The first-order valence-electron chi connectivity index (χ1n) is 5.85. The normalized spacial score (nSPS) is 21.9. The number of allylic oxidation sites excluding steroid dienone is 1. The maximum Gasteiger partial charge on any atom is 0.170 e. The van der Waals surface area contributed by atoms with E-state index in [9.17, 15) is 4.79 Å². The van der Waals surface area contributed by atoms with Gasteiger partial charge in [-0.2, -0.15) is 0 Å². The molecule has 96 valence electrons. The summed E-state index contributed by atoms with van der Waals surface area (Å²) in [6.07, 6.45) is 4.41. The fourth-order valence-corrected chi connectivity index (χ4v) is 2.09. The summed E-state index contributed by atoms with van der Waals surface area (Å²) in [5.74, 6) is 1.14. The predicted octanol–water partition coefficient (Wildman–Crippen LogP) is 1.79. The van der Waals surface area contributed by atoms with E-state index in [1.54, 1.807) is 32.4 Å². The molecule has 0 aliphatic heterocycles. The van der Waals surface area contributed by atoms with Crippen molar-refractivity contribution in [1.82, 2.24) is 0 Å². The third-order valence-corrected chi connectivity index (χ3v) is 3.09. The highest BCUT2D eigenvalue weighted by atomic mass is 16.5. The van der Waals surface area contributed by atoms with E-state index in [2.05, 4.69) is 0 Å². The van der Waals surface area contributed by atoms with Crippen molar-refractivity contribution < 1.29 is 14.3 Å². The topological polar surface area (TPSA) is 61.5 Å². The molecule has 1 aromatic rings. The predicted molar refractivity (Wildman–Crippen MR) is 69.1 cm³/mol. The Morgan fingerprint density at radius 3 is 2.22 bits per heavy atom. The van der Waals surface area contributed by atoms with Crippen LogP contribution in [0.2, 0.25) is 0 Å². The van der Waals surface area contributed by atoms with E-state index in [0.29, 0.717) is 23.5 Å². The van der Waals surface area contributed by atoms with Gasteiger partial charge >= 0.3 is 0 Å². The van der Waals surface area contributed by atoms with E-state index >= 15 is 0 Å². The number of rotatable bonds is 4. The summed E-state index contributed by atoms with van der Waals surface area (Å²) < 4.78 is 10.3. The molecule has 2 N–H and O–H groups in total. The zero-order valence-electron chi connectivity index (χ0n) is 10.6. The maximum atomic E-state index is 12.3. The van der Waals surface area contributed by atoms with E-state index in [1.165, 1.54) is 0 Å². The first-order chi connectivity index (χ1) is 8.63. The molecular weight excluding hydrogens is 230 g/mol. The number of ether oxygens (including phenoxy) is 2. The molecule has 0 fully saturated rings. The van der Waals surface area contributed by atoms with Crippen molar-refractivity contribution in [2.24, 2.45) is 11.7 Å². The number of carbonyl (C=O) groups is 1. The standard InChI is InChI=1S/C14H17NO3/c1-17-12-6-10(7-13(8-12)18-2)14(16)9-3-4-11(15)5-9/h3-4,6-9,11H,5,15H2,1-2H3. The summed E-state index contributed by atoms with van der Waals surface area (Å²) in [6, 6.07) is 5.17. The zero-order chi connectivity index (χ0) is 13.1. The second kappa shape index (κ2) is 5.23. The second-order valence-electron chi connectivity index (χ2n) is 4.36. The lowest BCUT2D eigenvalue weighted by Crippen LogP contribution is -2.19. The van der Waals surface area contributed by atoms with Gasteiger partial charge in [0.1, 0.15) is 11.5 Å². The Kier molecular flexibility index (Phi) is 3.67. The highest BCUT2D eigenvalue weighted by Crippen LogP contribution is 2.27. The monoisotopic (exact) mass is 247 g/mol. The number of carbonyl (C=O) groups excluding carboxylic acids is 1. The van der Waals surface area contributed by atoms with Gasteiger partial charge in [0.2, 0.25) is 0 Å². The maximum absolute atomic E-state index is 12.3. The van der Waals surface area contributed by atoms with Crippen LogP contribution < -0.4 is 15.2 Å². The lowest BCUT2D eigenvalue weighted by Gasteiger charge is -2.11. The first kappa shape index (κ1) is 12.6. The smallest absolute Gasteiger partial charge is 0.170 e. The van der Waals surface area contributed by atoms with Crippen LogP contribution in [0.5, 0.6) is 11.5 Å². The first-order valence-corrected chi connectivity index (χ1v) is 5.85. The molecule has 2 rings (SSSR count). The van der Waals surface area contributed by atoms with Gasteiger partial charge in [-0.25, -0.2) is 0 Å². The van der Waals surface area contributed by atoms with Crippen LogP contribution in [0, 0.1) is 5.92 Å². The second-order valence-corrected chi connectivity index (χ2v) is 4.36. The van der Waals surface area contributed by atoms with Crippen LogP contribution in [-0.2, 0) is 0 Å². The largest absolute Gasteiger partial charge is 0.497 e. The quantitative estimate of drug-likeness (QED) is 0.651. The van der Waals surface area contributed by atoms with Gasteiger partial charge in [-0.15, -0.1) is 0 Å². The van der Waals surface area contributed by atoms with Gasteiger partial charge in [-0.05, 0) is 18.6 Å². The molecule has 1 aliphatic carbocycles. The summed E-state index contributed by atoms with van der Waals surface area (Å²) in [7, 11) is 3.13. The third-order valence-electron chi connectivity index (χ3n) is 3.09. The molecule has 4 heteroatoms. The Labute approximate surface area is 106 Å². The Bertz CT molecular complexity index is 460. The van der Waals surface area contributed by atoms with E-state index < -0.39 is 0 Å². The van der Waals surface area contributed by atoms with Gasteiger partial charge in [0, 0.05) is 23.6 Å². The number of benzene rings is 1. The molecule has 0 heterocycles. The van der Waals surface area contributed by atoms with Gasteiger partial charge in [0.15, 0.2) is 5.78 Å². The Balaban J connectivity index is 2.27. The Morgan fingerprint density at radius 1 is 1.17 bits per heavy atom. The molecule has 4 nitrogen and oxygen atoms in total. The Hall–Kier alpha value is -1.81. The lowest BCUT2D eigenvalue weighted by atomic mass is 9.96. The average molecular weight is 247 g/mol. The molecule has 1 aliphatic rings. The molecule has 0 aromatic heterocycles. The van der Waals surface area contributed by atoms with Crippen molar-refractivity contribution in [1.29, 1.82) is 0 Å².